The van der Waals surface area contributed by atoms with E-state index in [1.165, 1.54) is 12.8 Å². The molecule has 4 rings (SSSR count). The minimum absolute atomic E-state index is 0.0790. The van der Waals surface area contributed by atoms with Crippen LogP contribution < -0.4 is 10.6 Å². The third-order valence-electron chi connectivity index (χ3n) is 4.50. The number of thiazole rings is 1. The number of rotatable bonds is 4. The summed E-state index contributed by atoms with van der Waals surface area (Å²) in [6.45, 7) is 0. The fourth-order valence-electron chi connectivity index (χ4n) is 3.53. The largest absolute Gasteiger partial charge is 0.472 e. The van der Waals surface area contributed by atoms with Gasteiger partial charge >= 0.3 is 0 Å². The highest BCUT2D eigenvalue weighted by molar-refractivity contribution is 7.13. The first-order chi connectivity index (χ1) is 10.8. The van der Waals surface area contributed by atoms with Gasteiger partial charge in [0, 0.05) is 29.1 Å². The van der Waals surface area contributed by atoms with E-state index in [2.05, 4.69) is 15.6 Å². The van der Waals surface area contributed by atoms with Crippen molar-refractivity contribution in [1.29, 1.82) is 0 Å². The lowest BCUT2D eigenvalue weighted by Crippen LogP contribution is -2.48. The Morgan fingerprint density at radius 1 is 1.41 bits per heavy atom. The lowest BCUT2D eigenvalue weighted by molar-refractivity contribution is -0.121. The molecule has 5 nitrogen and oxygen atoms in total. The smallest absolute Gasteiger partial charge is 0.226 e. The van der Waals surface area contributed by atoms with Crippen LogP contribution in [0, 0.1) is 0 Å². The molecule has 2 bridgehead atoms. The van der Waals surface area contributed by atoms with Crippen molar-refractivity contribution in [2.75, 3.05) is 0 Å². The molecular weight excluding hydrogens is 298 g/mol. The Kier molecular flexibility index (Phi) is 3.72. The SMILES string of the molecule is O=C(Cc1csc(-c2ccoc2)n1)NC1CC2CCC(C1)N2. The number of furan rings is 1. The predicted molar refractivity (Wildman–Crippen MR) is 84.6 cm³/mol. The molecule has 4 heterocycles. The topological polar surface area (TPSA) is 67.2 Å². The molecule has 0 aliphatic carbocycles. The molecule has 2 atom stereocenters. The van der Waals surface area contributed by atoms with Crippen LogP contribution in [0.4, 0.5) is 0 Å². The summed E-state index contributed by atoms with van der Waals surface area (Å²) < 4.78 is 5.07. The molecule has 116 valence electrons. The maximum atomic E-state index is 12.2. The molecule has 0 saturated carbocycles. The molecule has 2 N–H and O–H groups in total. The molecule has 2 aliphatic heterocycles. The van der Waals surface area contributed by atoms with Gasteiger partial charge in [-0.1, -0.05) is 0 Å². The van der Waals surface area contributed by atoms with Gasteiger partial charge in [0.15, 0.2) is 0 Å². The van der Waals surface area contributed by atoms with Crippen molar-refractivity contribution in [3.8, 4) is 10.6 Å². The number of nitrogens with zero attached hydrogens (tertiary/aromatic N) is 1. The summed E-state index contributed by atoms with van der Waals surface area (Å²) in [4.78, 5) is 16.7. The number of fused-ring (bicyclic) bond motifs is 2. The third-order valence-corrected chi connectivity index (χ3v) is 5.44. The Morgan fingerprint density at radius 3 is 2.95 bits per heavy atom. The van der Waals surface area contributed by atoms with E-state index in [-0.39, 0.29) is 5.91 Å². The summed E-state index contributed by atoms with van der Waals surface area (Å²) in [7, 11) is 0. The van der Waals surface area contributed by atoms with Gasteiger partial charge in [-0.05, 0) is 31.7 Å². The highest BCUT2D eigenvalue weighted by Gasteiger charge is 2.33. The summed E-state index contributed by atoms with van der Waals surface area (Å²) in [6, 6.07) is 3.39. The van der Waals surface area contributed by atoms with Crippen molar-refractivity contribution in [3.05, 3.63) is 29.7 Å². The standard InChI is InChI=1S/C16H19N3O2S/c20-15(18-13-5-11-1-2-12(6-13)17-11)7-14-9-22-16(19-14)10-3-4-21-8-10/h3-4,8-9,11-13,17H,1-2,5-7H2,(H,18,20). The van der Waals surface area contributed by atoms with Crippen LogP contribution in [0.15, 0.2) is 28.4 Å². The molecule has 2 saturated heterocycles. The van der Waals surface area contributed by atoms with Gasteiger partial charge in [0.05, 0.1) is 18.4 Å². The van der Waals surface area contributed by atoms with Gasteiger partial charge in [-0.25, -0.2) is 4.98 Å². The number of nitrogens with one attached hydrogen (secondary N) is 2. The first-order valence-electron chi connectivity index (χ1n) is 7.78. The van der Waals surface area contributed by atoms with Gasteiger partial charge in [-0.3, -0.25) is 4.79 Å². The van der Waals surface area contributed by atoms with Crippen LogP contribution in [0.2, 0.25) is 0 Å². The molecule has 2 fully saturated rings. The van der Waals surface area contributed by atoms with Crippen LogP contribution >= 0.6 is 11.3 Å². The Balaban J connectivity index is 1.34. The van der Waals surface area contributed by atoms with Crippen LogP contribution in [-0.4, -0.2) is 29.0 Å². The quantitative estimate of drug-likeness (QED) is 0.908. The second-order valence-electron chi connectivity index (χ2n) is 6.21. The third kappa shape index (κ3) is 2.94. The number of carbonyl (C=O) groups excluding carboxylic acids is 1. The highest BCUT2D eigenvalue weighted by Crippen LogP contribution is 2.27. The average molecular weight is 317 g/mol. The Morgan fingerprint density at radius 2 is 2.23 bits per heavy atom. The van der Waals surface area contributed by atoms with E-state index in [0.717, 1.165) is 29.1 Å². The molecule has 0 aromatic carbocycles. The van der Waals surface area contributed by atoms with Crippen molar-refractivity contribution >= 4 is 17.2 Å². The summed E-state index contributed by atoms with van der Waals surface area (Å²) >= 11 is 1.55. The minimum atomic E-state index is 0.0790. The second kappa shape index (κ2) is 5.85. The monoisotopic (exact) mass is 317 g/mol. The van der Waals surface area contributed by atoms with Crippen LogP contribution in [0.25, 0.3) is 10.6 Å². The Labute approximate surface area is 133 Å². The lowest BCUT2D eigenvalue weighted by Gasteiger charge is -2.29. The molecule has 2 unspecified atom stereocenters. The number of carbonyl (C=O) groups is 1. The summed E-state index contributed by atoms with van der Waals surface area (Å²) in [5.41, 5.74) is 1.79. The van der Waals surface area contributed by atoms with E-state index >= 15 is 0 Å². The normalized spacial score (nSPS) is 27.0. The van der Waals surface area contributed by atoms with Gasteiger partial charge in [0.25, 0.3) is 0 Å². The Hall–Kier alpha value is -1.66. The molecular formula is C16H19N3O2S. The van der Waals surface area contributed by atoms with Crippen LogP contribution in [0.1, 0.15) is 31.4 Å². The van der Waals surface area contributed by atoms with Crippen molar-refractivity contribution in [1.82, 2.24) is 15.6 Å². The minimum Gasteiger partial charge on any atom is -0.472 e. The van der Waals surface area contributed by atoms with Crippen LogP contribution in [0.5, 0.6) is 0 Å². The van der Waals surface area contributed by atoms with E-state index < -0.39 is 0 Å². The molecule has 0 radical (unpaired) electrons. The van der Waals surface area contributed by atoms with Gasteiger partial charge in [0.2, 0.25) is 5.91 Å². The summed E-state index contributed by atoms with van der Waals surface area (Å²) in [6.07, 6.45) is 8.27. The molecule has 0 spiro atoms. The van der Waals surface area contributed by atoms with Gasteiger partial charge in [0.1, 0.15) is 11.3 Å². The fourth-order valence-corrected chi connectivity index (χ4v) is 4.33. The van der Waals surface area contributed by atoms with Gasteiger partial charge in [-0.15, -0.1) is 11.3 Å². The summed E-state index contributed by atoms with van der Waals surface area (Å²) in [5, 5.41) is 9.62. The zero-order valence-electron chi connectivity index (χ0n) is 12.2. The zero-order chi connectivity index (χ0) is 14.9. The predicted octanol–water partition coefficient (Wildman–Crippen LogP) is 2.34. The number of hydrogen-bond acceptors (Lipinski definition) is 5. The number of amides is 1. The first-order valence-corrected chi connectivity index (χ1v) is 8.66. The van der Waals surface area contributed by atoms with Crippen molar-refractivity contribution in [3.63, 3.8) is 0 Å². The maximum absolute atomic E-state index is 12.2. The van der Waals surface area contributed by atoms with Crippen molar-refractivity contribution < 1.29 is 9.21 Å². The molecule has 2 aromatic heterocycles. The molecule has 22 heavy (non-hydrogen) atoms. The van der Waals surface area contributed by atoms with Crippen LogP contribution in [0.3, 0.4) is 0 Å². The molecule has 1 amide bonds. The molecule has 2 aromatic rings. The first kappa shape index (κ1) is 14.0. The second-order valence-corrected chi connectivity index (χ2v) is 7.06. The van der Waals surface area contributed by atoms with Crippen LogP contribution in [-0.2, 0) is 11.2 Å². The summed E-state index contributed by atoms with van der Waals surface area (Å²) in [5.74, 6) is 0.0790. The van der Waals surface area contributed by atoms with Crippen molar-refractivity contribution in [2.24, 2.45) is 0 Å². The average Bonchev–Trinajstić information content (AvgIpc) is 3.20. The van der Waals surface area contributed by atoms with E-state index in [4.69, 9.17) is 4.42 Å². The molecule has 6 heteroatoms. The van der Waals surface area contributed by atoms with Crippen molar-refractivity contribution in [2.45, 2.75) is 50.2 Å². The van der Waals surface area contributed by atoms with E-state index in [0.29, 0.717) is 24.5 Å². The van der Waals surface area contributed by atoms with E-state index in [1.807, 2.05) is 11.4 Å². The number of hydrogen-bond donors (Lipinski definition) is 2. The Bertz CT molecular complexity index is 640. The fraction of sp³-hybridized carbons (Fsp3) is 0.500. The zero-order valence-corrected chi connectivity index (χ0v) is 13.1. The maximum Gasteiger partial charge on any atom is 0.226 e. The van der Waals surface area contributed by atoms with Gasteiger partial charge < -0.3 is 15.1 Å². The highest BCUT2D eigenvalue weighted by atomic mass is 32.1. The van der Waals surface area contributed by atoms with E-state index in [9.17, 15) is 4.79 Å². The number of aromatic nitrogens is 1. The lowest BCUT2D eigenvalue weighted by atomic mass is 9.99. The number of piperidine rings is 1. The van der Waals surface area contributed by atoms with Gasteiger partial charge in [-0.2, -0.15) is 0 Å². The molecule has 2 aliphatic rings. The van der Waals surface area contributed by atoms with E-state index in [1.54, 1.807) is 23.9 Å².